The molecule has 1 heteroatoms. The quantitative estimate of drug-likeness (QED) is 0.868. The maximum atomic E-state index is 6.46. The Morgan fingerprint density at radius 3 is 1.78 bits per heavy atom. The van der Waals surface area contributed by atoms with Gasteiger partial charge in [-0.25, -0.2) is 0 Å². The van der Waals surface area contributed by atoms with Crippen molar-refractivity contribution in [1.29, 1.82) is 0 Å². The highest BCUT2D eigenvalue weighted by atomic mass is 14.7. The first-order valence-electron chi connectivity index (χ1n) is 6.39. The van der Waals surface area contributed by atoms with Gasteiger partial charge in [0.2, 0.25) is 0 Å². The van der Waals surface area contributed by atoms with Gasteiger partial charge in [0.05, 0.1) is 0 Å². The Kier molecular flexibility index (Phi) is 3.53. The third kappa shape index (κ3) is 2.99. The van der Waals surface area contributed by atoms with Gasteiger partial charge in [-0.05, 0) is 38.3 Å². The Morgan fingerprint density at radius 2 is 1.28 bits per heavy atom. The predicted molar refractivity (Wildman–Crippen MR) is 77.6 cm³/mol. The SMILES string of the molecule is Cc1ccc(CC(C)(N)c2ccc(C)cc2)cc1. The molecule has 18 heavy (non-hydrogen) atoms. The predicted octanol–water partition coefficient (Wildman–Crippen LogP) is 3.72. The van der Waals surface area contributed by atoms with Gasteiger partial charge in [-0.1, -0.05) is 59.7 Å². The first-order chi connectivity index (χ1) is 8.47. The van der Waals surface area contributed by atoms with Crippen LogP contribution < -0.4 is 5.73 Å². The summed E-state index contributed by atoms with van der Waals surface area (Å²) >= 11 is 0. The van der Waals surface area contributed by atoms with Crippen molar-refractivity contribution in [3.05, 3.63) is 70.8 Å². The van der Waals surface area contributed by atoms with Gasteiger partial charge in [0.15, 0.2) is 0 Å². The fourth-order valence-electron chi connectivity index (χ4n) is 2.17. The molecule has 1 nitrogen and oxygen atoms in total. The Morgan fingerprint density at radius 1 is 0.833 bits per heavy atom. The van der Waals surface area contributed by atoms with Crippen molar-refractivity contribution < 1.29 is 0 Å². The molecule has 0 spiro atoms. The molecule has 0 saturated carbocycles. The monoisotopic (exact) mass is 239 g/mol. The van der Waals surface area contributed by atoms with E-state index in [1.165, 1.54) is 22.3 Å². The zero-order valence-electron chi connectivity index (χ0n) is 11.4. The first kappa shape index (κ1) is 12.8. The van der Waals surface area contributed by atoms with Crippen LogP contribution in [0, 0.1) is 13.8 Å². The molecule has 0 aliphatic rings. The highest BCUT2D eigenvalue weighted by Crippen LogP contribution is 2.23. The van der Waals surface area contributed by atoms with Crippen molar-refractivity contribution in [3.63, 3.8) is 0 Å². The molecule has 94 valence electrons. The zero-order valence-corrected chi connectivity index (χ0v) is 11.4. The molecule has 0 heterocycles. The van der Waals surface area contributed by atoms with Crippen molar-refractivity contribution in [3.8, 4) is 0 Å². The Labute approximate surface area is 110 Å². The summed E-state index contributed by atoms with van der Waals surface area (Å²) in [5.74, 6) is 0. The van der Waals surface area contributed by atoms with Crippen LogP contribution in [0.25, 0.3) is 0 Å². The molecule has 0 amide bonds. The number of hydrogen-bond donors (Lipinski definition) is 1. The highest BCUT2D eigenvalue weighted by molar-refractivity contribution is 5.30. The van der Waals surface area contributed by atoms with Gasteiger partial charge in [-0.2, -0.15) is 0 Å². The molecule has 0 aromatic heterocycles. The van der Waals surface area contributed by atoms with Crippen LogP contribution in [0.2, 0.25) is 0 Å². The average Bonchev–Trinajstić information content (AvgIpc) is 2.32. The molecule has 1 atom stereocenters. The minimum atomic E-state index is -0.317. The third-order valence-corrected chi connectivity index (χ3v) is 3.40. The molecule has 2 aromatic carbocycles. The lowest BCUT2D eigenvalue weighted by molar-refractivity contribution is 0.491. The lowest BCUT2D eigenvalue weighted by Gasteiger charge is -2.25. The summed E-state index contributed by atoms with van der Waals surface area (Å²) in [5, 5.41) is 0. The van der Waals surface area contributed by atoms with Crippen molar-refractivity contribution in [2.75, 3.05) is 0 Å². The molecular weight excluding hydrogens is 218 g/mol. The van der Waals surface area contributed by atoms with E-state index in [1.807, 2.05) is 0 Å². The summed E-state index contributed by atoms with van der Waals surface area (Å²) in [6.07, 6.45) is 0.857. The topological polar surface area (TPSA) is 26.0 Å². The average molecular weight is 239 g/mol. The van der Waals surface area contributed by atoms with Crippen molar-refractivity contribution in [1.82, 2.24) is 0 Å². The Hall–Kier alpha value is -1.60. The maximum absolute atomic E-state index is 6.46. The van der Waals surface area contributed by atoms with Crippen LogP contribution in [0.5, 0.6) is 0 Å². The smallest absolute Gasteiger partial charge is 0.0421 e. The molecule has 1 unspecified atom stereocenters. The van der Waals surface area contributed by atoms with Crippen LogP contribution in [0.3, 0.4) is 0 Å². The Balaban J connectivity index is 2.20. The summed E-state index contributed by atoms with van der Waals surface area (Å²) in [4.78, 5) is 0. The molecule has 0 fully saturated rings. The van der Waals surface area contributed by atoms with E-state index in [9.17, 15) is 0 Å². The third-order valence-electron chi connectivity index (χ3n) is 3.40. The maximum Gasteiger partial charge on any atom is 0.0421 e. The van der Waals surface area contributed by atoms with E-state index in [1.54, 1.807) is 0 Å². The largest absolute Gasteiger partial charge is 0.321 e. The van der Waals surface area contributed by atoms with E-state index in [0.717, 1.165) is 6.42 Å². The molecule has 0 saturated heterocycles. The van der Waals surface area contributed by atoms with E-state index in [2.05, 4.69) is 69.3 Å². The minimum absolute atomic E-state index is 0.317. The van der Waals surface area contributed by atoms with Crippen LogP contribution in [0.15, 0.2) is 48.5 Å². The van der Waals surface area contributed by atoms with Gasteiger partial charge in [0.1, 0.15) is 0 Å². The summed E-state index contributed by atoms with van der Waals surface area (Å²) in [7, 11) is 0. The second-order valence-corrected chi connectivity index (χ2v) is 5.45. The summed E-state index contributed by atoms with van der Waals surface area (Å²) in [6.45, 7) is 6.29. The van der Waals surface area contributed by atoms with Crippen molar-refractivity contribution in [2.45, 2.75) is 32.7 Å². The first-order valence-corrected chi connectivity index (χ1v) is 6.39. The number of rotatable bonds is 3. The van der Waals surface area contributed by atoms with E-state index in [4.69, 9.17) is 5.73 Å². The number of nitrogens with two attached hydrogens (primary N) is 1. The molecule has 2 rings (SSSR count). The van der Waals surface area contributed by atoms with Gasteiger partial charge in [-0.3, -0.25) is 0 Å². The minimum Gasteiger partial charge on any atom is -0.321 e. The lowest BCUT2D eigenvalue weighted by Crippen LogP contribution is -2.35. The standard InChI is InChI=1S/C17H21N/c1-13-4-8-15(9-5-13)12-17(3,18)16-10-6-14(2)7-11-16/h4-11H,12,18H2,1-3H3. The van der Waals surface area contributed by atoms with E-state index >= 15 is 0 Å². The Bertz CT molecular complexity index is 506. The fraction of sp³-hybridized carbons (Fsp3) is 0.294. The van der Waals surface area contributed by atoms with Gasteiger partial charge in [0, 0.05) is 5.54 Å². The molecule has 0 bridgehead atoms. The molecular formula is C17H21N. The second kappa shape index (κ2) is 4.95. The molecule has 0 radical (unpaired) electrons. The number of hydrogen-bond acceptors (Lipinski definition) is 1. The highest BCUT2D eigenvalue weighted by Gasteiger charge is 2.21. The summed E-state index contributed by atoms with van der Waals surface area (Å²) in [5.41, 5.74) is 11.2. The van der Waals surface area contributed by atoms with Gasteiger partial charge in [-0.15, -0.1) is 0 Å². The summed E-state index contributed by atoms with van der Waals surface area (Å²) in [6, 6.07) is 17.1. The normalized spacial score (nSPS) is 14.2. The molecule has 2 N–H and O–H groups in total. The molecule has 0 aliphatic heterocycles. The zero-order chi connectivity index (χ0) is 13.2. The number of aryl methyl sites for hydroxylation is 2. The van der Waals surface area contributed by atoms with E-state index in [-0.39, 0.29) is 5.54 Å². The van der Waals surface area contributed by atoms with E-state index < -0.39 is 0 Å². The van der Waals surface area contributed by atoms with Crippen molar-refractivity contribution in [2.24, 2.45) is 5.73 Å². The lowest BCUT2D eigenvalue weighted by atomic mass is 9.86. The van der Waals surface area contributed by atoms with Crippen LogP contribution in [0.4, 0.5) is 0 Å². The van der Waals surface area contributed by atoms with Gasteiger partial charge < -0.3 is 5.73 Å². The van der Waals surface area contributed by atoms with Gasteiger partial charge >= 0.3 is 0 Å². The van der Waals surface area contributed by atoms with Crippen LogP contribution in [-0.2, 0) is 12.0 Å². The van der Waals surface area contributed by atoms with Crippen molar-refractivity contribution >= 4 is 0 Å². The van der Waals surface area contributed by atoms with Crippen LogP contribution in [-0.4, -0.2) is 0 Å². The fourth-order valence-corrected chi connectivity index (χ4v) is 2.17. The summed E-state index contributed by atoms with van der Waals surface area (Å²) < 4.78 is 0. The van der Waals surface area contributed by atoms with Crippen LogP contribution in [0.1, 0.15) is 29.2 Å². The number of benzene rings is 2. The van der Waals surface area contributed by atoms with E-state index in [0.29, 0.717) is 0 Å². The molecule has 0 aliphatic carbocycles. The van der Waals surface area contributed by atoms with Gasteiger partial charge in [0.25, 0.3) is 0 Å². The van der Waals surface area contributed by atoms with Crippen LogP contribution >= 0.6 is 0 Å². The molecule has 2 aromatic rings. The second-order valence-electron chi connectivity index (χ2n) is 5.45.